The molecule has 1 rings (SSSR count). The normalized spacial score (nSPS) is 23.6. The van der Waals surface area contributed by atoms with Crippen LogP contribution in [-0.2, 0) is 4.74 Å². The molecule has 0 saturated carbocycles. The number of nitrogens with zero attached hydrogens (tertiary/aromatic N) is 3. The fourth-order valence-electron chi connectivity index (χ4n) is 2.34. The number of guanidine groups is 1. The van der Waals surface area contributed by atoms with Crippen molar-refractivity contribution in [3.05, 3.63) is 0 Å². The highest BCUT2D eigenvalue weighted by Crippen LogP contribution is 2.06. The van der Waals surface area contributed by atoms with Gasteiger partial charge in [-0.2, -0.15) is 0 Å². The Morgan fingerprint density at radius 3 is 2.80 bits per heavy atom. The lowest BCUT2D eigenvalue weighted by atomic mass is 10.2. The summed E-state index contributed by atoms with van der Waals surface area (Å²) in [6, 6.07) is 0.742. The first-order chi connectivity index (χ1) is 9.56. The Balaban J connectivity index is 2.52. The first kappa shape index (κ1) is 17.2. The lowest BCUT2D eigenvalue weighted by Crippen LogP contribution is -2.52. The minimum Gasteiger partial charge on any atom is -0.383 e. The lowest BCUT2D eigenvalue weighted by molar-refractivity contribution is 0.119. The number of ether oxygens (including phenoxy) is 1. The monoisotopic (exact) mass is 285 g/mol. The summed E-state index contributed by atoms with van der Waals surface area (Å²) in [7, 11) is 6.07. The summed E-state index contributed by atoms with van der Waals surface area (Å²) in [6.45, 7) is 9.86. The van der Waals surface area contributed by atoms with Crippen LogP contribution in [0, 0.1) is 0 Å². The number of aliphatic imine (C=N–C) groups is 1. The van der Waals surface area contributed by atoms with E-state index in [9.17, 15) is 0 Å². The van der Waals surface area contributed by atoms with Crippen molar-refractivity contribution < 1.29 is 4.74 Å². The van der Waals surface area contributed by atoms with Crippen LogP contribution < -0.4 is 10.6 Å². The van der Waals surface area contributed by atoms with Crippen molar-refractivity contribution in [2.24, 2.45) is 4.99 Å². The molecule has 0 aromatic rings. The Kier molecular flexibility index (Phi) is 7.87. The third kappa shape index (κ3) is 6.07. The number of hydrogen-bond acceptors (Lipinski definition) is 4. The molecule has 2 unspecified atom stereocenters. The number of piperazine rings is 1. The molecule has 0 aliphatic carbocycles. The molecule has 0 radical (unpaired) electrons. The van der Waals surface area contributed by atoms with Crippen molar-refractivity contribution in [2.45, 2.75) is 25.9 Å². The Bertz CT molecular complexity index is 297. The summed E-state index contributed by atoms with van der Waals surface area (Å²) in [4.78, 5) is 9.48. The second kappa shape index (κ2) is 9.15. The second-order valence-electron chi connectivity index (χ2n) is 5.62. The fraction of sp³-hybridized carbons (Fsp3) is 0.929. The summed E-state index contributed by atoms with van der Waals surface area (Å²) < 4.78 is 5.15. The Labute approximate surface area is 123 Å². The van der Waals surface area contributed by atoms with Crippen LogP contribution in [-0.4, -0.2) is 88.4 Å². The van der Waals surface area contributed by atoms with E-state index in [1.807, 2.05) is 0 Å². The van der Waals surface area contributed by atoms with E-state index in [0.717, 1.165) is 38.7 Å². The summed E-state index contributed by atoms with van der Waals surface area (Å²) >= 11 is 0. The molecule has 118 valence electrons. The standard InChI is InChI=1S/C14H31N5O/c1-6-15-14(17-12(2)11-20-5)16-9-13-10-18(3)7-8-19(13)4/h12-13H,6-11H2,1-5H3,(H2,15,16,17). The molecule has 0 aromatic heterocycles. The van der Waals surface area contributed by atoms with Crippen LogP contribution in [0.5, 0.6) is 0 Å². The highest BCUT2D eigenvalue weighted by atomic mass is 16.5. The maximum absolute atomic E-state index is 5.15. The fourth-order valence-corrected chi connectivity index (χ4v) is 2.34. The van der Waals surface area contributed by atoms with Crippen LogP contribution in [0.25, 0.3) is 0 Å². The molecule has 1 heterocycles. The third-order valence-electron chi connectivity index (χ3n) is 3.58. The van der Waals surface area contributed by atoms with Crippen molar-refractivity contribution in [3.63, 3.8) is 0 Å². The Morgan fingerprint density at radius 1 is 1.40 bits per heavy atom. The molecule has 6 nitrogen and oxygen atoms in total. The van der Waals surface area contributed by atoms with Crippen LogP contribution in [0.4, 0.5) is 0 Å². The molecule has 1 aliphatic heterocycles. The van der Waals surface area contributed by atoms with E-state index in [2.05, 4.69) is 48.4 Å². The summed E-state index contributed by atoms with van der Waals surface area (Å²) in [6.07, 6.45) is 0. The van der Waals surface area contributed by atoms with Crippen LogP contribution in [0.2, 0.25) is 0 Å². The van der Waals surface area contributed by atoms with Crippen LogP contribution in [0.1, 0.15) is 13.8 Å². The van der Waals surface area contributed by atoms with Gasteiger partial charge in [-0.05, 0) is 27.9 Å². The predicted octanol–water partition coefficient (Wildman–Crippen LogP) is -0.178. The van der Waals surface area contributed by atoms with Gasteiger partial charge in [-0.25, -0.2) is 0 Å². The molecule has 2 N–H and O–H groups in total. The van der Waals surface area contributed by atoms with E-state index in [4.69, 9.17) is 9.73 Å². The van der Waals surface area contributed by atoms with Crippen LogP contribution in [0.3, 0.4) is 0 Å². The quantitative estimate of drug-likeness (QED) is 0.524. The van der Waals surface area contributed by atoms with Crippen LogP contribution in [0.15, 0.2) is 4.99 Å². The Hall–Kier alpha value is -0.850. The molecule has 1 fully saturated rings. The van der Waals surface area contributed by atoms with Gasteiger partial charge in [-0.3, -0.25) is 9.89 Å². The van der Waals surface area contributed by atoms with E-state index in [0.29, 0.717) is 12.6 Å². The predicted molar refractivity (Wildman–Crippen MR) is 84.4 cm³/mol. The SMILES string of the molecule is CCNC(=NCC1CN(C)CCN1C)NC(C)COC. The molecule has 2 atom stereocenters. The van der Waals surface area contributed by atoms with Crippen molar-refractivity contribution in [3.8, 4) is 0 Å². The first-order valence-corrected chi connectivity index (χ1v) is 7.49. The molecule has 6 heteroatoms. The van der Waals surface area contributed by atoms with Gasteiger partial charge < -0.3 is 20.3 Å². The number of hydrogen-bond donors (Lipinski definition) is 2. The minimum absolute atomic E-state index is 0.254. The molecule has 0 spiro atoms. The zero-order valence-corrected chi connectivity index (χ0v) is 13.6. The van der Waals surface area contributed by atoms with Crippen molar-refractivity contribution in [1.82, 2.24) is 20.4 Å². The van der Waals surface area contributed by atoms with Gasteiger partial charge in [0.05, 0.1) is 13.2 Å². The largest absolute Gasteiger partial charge is 0.383 e. The zero-order valence-electron chi connectivity index (χ0n) is 13.6. The maximum Gasteiger partial charge on any atom is 0.191 e. The van der Waals surface area contributed by atoms with Gasteiger partial charge in [0.25, 0.3) is 0 Å². The van der Waals surface area contributed by atoms with E-state index >= 15 is 0 Å². The average Bonchev–Trinajstić information content (AvgIpc) is 2.40. The van der Waals surface area contributed by atoms with Crippen molar-refractivity contribution in [1.29, 1.82) is 0 Å². The molecular formula is C14H31N5O. The Morgan fingerprint density at radius 2 is 2.15 bits per heavy atom. The third-order valence-corrected chi connectivity index (χ3v) is 3.58. The molecule has 20 heavy (non-hydrogen) atoms. The van der Waals surface area contributed by atoms with Gasteiger partial charge in [0, 0.05) is 45.4 Å². The highest BCUT2D eigenvalue weighted by molar-refractivity contribution is 5.80. The molecule has 1 saturated heterocycles. The van der Waals surface area contributed by atoms with E-state index in [1.54, 1.807) is 7.11 Å². The smallest absolute Gasteiger partial charge is 0.191 e. The summed E-state index contributed by atoms with van der Waals surface area (Å²) in [5.41, 5.74) is 0. The van der Waals surface area contributed by atoms with Gasteiger partial charge >= 0.3 is 0 Å². The number of rotatable bonds is 6. The minimum atomic E-state index is 0.254. The molecular weight excluding hydrogens is 254 g/mol. The molecule has 0 bridgehead atoms. The lowest BCUT2D eigenvalue weighted by Gasteiger charge is -2.37. The number of likely N-dealkylation sites (N-methyl/N-ethyl adjacent to an activating group) is 2. The van der Waals surface area contributed by atoms with Gasteiger partial charge in [0.1, 0.15) is 0 Å². The van der Waals surface area contributed by atoms with Gasteiger partial charge in [0.15, 0.2) is 5.96 Å². The van der Waals surface area contributed by atoms with Gasteiger partial charge in [0.2, 0.25) is 0 Å². The van der Waals surface area contributed by atoms with E-state index in [-0.39, 0.29) is 6.04 Å². The van der Waals surface area contributed by atoms with Gasteiger partial charge in [-0.15, -0.1) is 0 Å². The number of methoxy groups -OCH3 is 1. The first-order valence-electron chi connectivity index (χ1n) is 7.49. The van der Waals surface area contributed by atoms with Gasteiger partial charge in [-0.1, -0.05) is 0 Å². The molecule has 0 aromatic carbocycles. The van der Waals surface area contributed by atoms with Crippen LogP contribution >= 0.6 is 0 Å². The highest BCUT2D eigenvalue weighted by Gasteiger charge is 2.21. The van der Waals surface area contributed by atoms with E-state index < -0.39 is 0 Å². The topological polar surface area (TPSA) is 52.1 Å². The zero-order chi connectivity index (χ0) is 15.0. The average molecular weight is 285 g/mol. The number of nitrogens with one attached hydrogen (secondary N) is 2. The van der Waals surface area contributed by atoms with E-state index in [1.165, 1.54) is 0 Å². The second-order valence-corrected chi connectivity index (χ2v) is 5.62. The van der Waals surface area contributed by atoms with Crippen molar-refractivity contribution >= 4 is 5.96 Å². The molecule has 1 aliphatic rings. The summed E-state index contributed by atoms with van der Waals surface area (Å²) in [5, 5.41) is 6.65. The van der Waals surface area contributed by atoms with Crippen molar-refractivity contribution in [2.75, 3.05) is 60.5 Å². The summed E-state index contributed by atoms with van der Waals surface area (Å²) in [5.74, 6) is 0.874. The molecule has 0 amide bonds. The maximum atomic E-state index is 5.15.